The fourth-order valence-electron chi connectivity index (χ4n) is 2.37. The van der Waals surface area contributed by atoms with Gasteiger partial charge in [-0.15, -0.1) is 0 Å². The summed E-state index contributed by atoms with van der Waals surface area (Å²) in [7, 11) is 0. The number of carbonyl (C=O) groups excluding carboxylic acids is 1. The van der Waals surface area contributed by atoms with Gasteiger partial charge in [-0.05, 0) is 47.9 Å². The maximum absolute atomic E-state index is 12.0. The maximum Gasteiger partial charge on any atom is 0.228 e. The van der Waals surface area contributed by atoms with Gasteiger partial charge in [0.15, 0.2) is 0 Å². The van der Waals surface area contributed by atoms with Crippen molar-refractivity contribution >= 4 is 38.3 Å². The second-order valence-electron chi connectivity index (χ2n) is 4.84. The van der Waals surface area contributed by atoms with Gasteiger partial charge in [0.1, 0.15) is 0 Å². The van der Waals surface area contributed by atoms with Crippen molar-refractivity contribution in [1.29, 1.82) is 0 Å². The summed E-state index contributed by atoms with van der Waals surface area (Å²) >= 11 is 3.46. The van der Waals surface area contributed by atoms with Crippen molar-refractivity contribution < 1.29 is 4.79 Å². The molecule has 0 saturated heterocycles. The molecule has 0 aliphatic heterocycles. The normalized spacial score (nSPS) is 15.0. The predicted molar refractivity (Wildman–Crippen MR) is 82.1 cm³/mol. The number of amides is 1. The number of fused-ring (bicyclic) bond motifs is 1. The number of nitrogens with one attached hydrogen (secondary N) is 1. The third-order valence-electron chi connectivity index (χ3n) is 3.45. The SMILES string of the molecule is O=C(Nc1ccc2cc(Br)ccc2c1)C1CC=CC1. The molecule has 3 heteroatoms. The van der Waals surface area contributed by atoms with E-state index in [1.165, 1.54) is 0 Å². The predicted octanol–water partition coefficient (Wildman–Crippen LogP) is 4.51. The molecule has 2 aromatic carbocycles. The smallest absolute Gasteiger partial charge is 0.228 e. The third kappa shape index (κ3) is 2.71. The Hall–Kier alpha value is -1.61. The van der Waals surface area contributed by atoms with Gasteiger partial charge in [-0.25, -0.2) is 0 Å². The third-order valence-corrected chi connectivity index (χ3v) is 3.94. The summed E-state index contributed by atoms with van der Waals surface area (Å²) in [6.07, 6.45) is 5.85. The summed E-state index contributed by atoms with van der Waals surface area (Å²) in [4.78, 5) is 12.0. The molecule has 0 aromatic heterocycles. The summed E-state index contributed by atoms with van der Waals surface area (Å²) in [5.41, 5.74) is 0.867. The van der Waals surface area contributed by atoms with Crippen LogP contribution in [0, 0.1) is 5.92 Å². The number of carbonyl (C=O) groups is 1. The number of hydrogen-bond donors (Lipinski definition) is 1. The van der Waals surface area contributed by atoms with Crippen LogP contribution >= 0.6 is 15.9 Å². The first-order valence-corrected chi connectivity index (χ1v) is 7.17. The Balaban J connectivity index is 1.81. The van der Waals surface area contributed by atoms with Gasteiger partial charge >= 0.3 is 0 Å². The quantitative estimate of drug-likeness (QED) is 0.812. The lowest BCUT2D eigenvalue weighted by atomic mass is 10.1. The van der Waals surface area contributed by atoms with E-state index < -0.39 is 0 Å². The first kappa shape index (κ1) is 12.4. The maximum atomic E-state index is 12.0. The first-order valence-electron chi connectivity index (χ1n) is 6.37. The van der Waals surface area contributed by atoms with Crippen molar-refractivity contribution in [1.82, 2.24) is 0 Å². The molecule has 96 valence electrons. The van der Waals surface area contributed by atoms with E-state index in [4.69, 9.17) is 0 Å². The Morgan fingerprint density at radius 3 is 2.53 bits per heavy atom. The van der Waals surface area contributed by atoms with Gasteiger partial charge in [0.05, 0.1) is 0 Å². The van der Waals surface area contributed by atoms with Crippen LogP contribution in [0.25, 0.3) is 10.8 Å². The van der Waals surface area contributed by atoms with Crippen molar-refractivity contribution in [3.8, 4) is 0 Å². The fourth-order valence-corrected chi connectivity index (χ4v) is 2.75. The molecular weight excluding hydrogens is 302 g/mol. The zero-order valence-corrected chi connectivity index (χ0v) is 12.0. The molecule has 0 heterocycles. The summed E-state index contributed by atoms with van der Waals surface area (Å²) in [6.45, 7) is 0. The van der Waals surface area contributed by atoms with E-state index in [1.807, 2.05) is 30.3 Å². The summed E-state index contributed by atoms with van der Waals surface area (Å²) in [5, 5.41) is 5.29. The van der Waals surface area contributed by atoms with Crippen molar-refractivity contribution in [2.24, 2.45) is 5.92 Å². The van der Waals surface area contributed by atoms with Crippen LogP contribution in [-0.2, 0) is 4.79 Å². The molecule has 0 atom stereocenters. The minimum Gasteiger partial charge on any atom is -0.326 e. The van der Waals surface area contributed by atoms with E-state index in [1.54, 1.807) is 0 Å². The number of anilines is 1. The van der Waals surface area contributed by atoms with Gasteiger partial charge in [-0.1, -0.05) is 40.2 Å². The molecule has 0 fully saturated rings. The van der Waals surface area contributed by atoms with Crippen LogP contribution < -0.4 is 5.32 Å². The highest BCUT2D eigenvalue weighted by Crippen LogP contribution is 2.24. The minimum atomic E-state index is 0.0978. The van der Waals surface area contributed by atoms with E-state index in [0.29, 0.717) is 0 Å². The Bertz CT molecular complexity index is 655. The number of allylic oxidation sites excluding steroid dienone is 2. The van der Waals surface area contributed by atoms with Crippen molar-refractivity contribution in [2.45, 2.75) is 12.8 Å². The molecular formula is C16H14BrNO. The van der Waals surface area contributed by atoms with Crippen LogP contribution in [0.3, 0.4) is 0 Å². The van der Waals surface area contributed by atoms with Gasteiger partial charge in [0, 0.05) is 16.1 Å². The molecule has 3 rings (SSSR count). The van der Waals surface area contributed by atoms with Crippen molar-refractivity contribution in [3.63, 3.8) is 0 Å². The highest BCUT2D eigenvalue weighted by Gasteiger charge is 2.19. The average Bonchev–Trinajstić information content (AvgIpc) is 2.93. The van der Waals surface area contributed by atoms with Crippen molar-refractivity contribution in [3.05, 3.63) is 53.0 Å². The van der Waals surface area contributed by atoms with E-state index in [-0.39, 0.29) is 11.8 Å². The highest BCUT2D eigenvalue weighted by molar-refractivity contribution is 9.10. The van der Waals surface area contributed by atoms with Gasteiger partial charge in [0.25, 0.3) is 0 Å². The molecule has 1 aliphatic carbocycles. The molecule has 19 heavy (non-hydrogen) atoms. The van der Waals surface area contributed by atoms with Crippen LogP contribution in [0.5, 0.6) is 0 Å². The standard InChI is InChI=1S/C16H14BrNO/c17-14-7-5-13-10-15(8-6-12(13)9-14)18-16(19)11-3-1-2-4-11/h1-2,5-11H,3-4H2,(H,18,19). The second kappa shape index (κ2) is 5.17. The molecule has 0 saturated carbocycles. The lowest BCUT2D eigenvalue weighted by molar-refractivity contribution is -0.119. The van der Waals surface area contributed by atoms with Crippen molar-refractivity contribution in [2.75, 3.05) is 5.32 Å². The van der Waals surface area contributed by atoms with Gasteiger partial charge in [-0.2, -0.15) is 0 Å². The molecule has 0 radical (unpaired) electrons. The zero-order chi connectivity index (χ0) is 13.2. The van der Waals surface area contributed by atoms with E-state index in [9.17, 15) is 4.79 Å². The van der Waals surface area contributed by atoms with E-state index >= 15 is 0 Å². The Labute approximate surface area is 120 Å². The molecule has 2 nitrogen and oxygen atoms in total. The van der Waals surface area contributed by atoms with Gasteiger partial charge in [-0.3, -0.25) is 4.79 Å². The second-order valence-corrected chi connectivity index (χ2v) is 5.75. The van der Waals surface area contributed by atoms with E-state index in [0.717, 1.165) is 33.8 Å². The molecule has 1 amide bonds. The van der Waals surface area contributed by atoms with Gasteiger partial charge in [0.2, 0.25) is 5.91 Å². The van der Waals surface area contributed by atoms with E-state index in [2.05, 4.69) is 39.5 Å². The molecule has 0 unspecified atom stereocenters. The van der Waals surface area contributed by atoms with Crippen LogP contribution in [0.1, 0.15) is 12.8 Å². The van der Waals surface area contributed by atoms with Crippen LogP contribution in [0.15, 0.2) is 53.0 Å². The monoisotopic (exact) mass is 315 g/mol. The summed E-state index contributed by atoms with van der Waals surface area (Å²) in [5.74, 6) is 0.210. The molecule has 1 N–H and O–H groups in total. The fraction of sp³-hybridized carbons (Fsp3) is 0.188. The van der Waals surface area contributed by atoms with Gasteiger partial charge < -0.3 is 5.32 Å². The molecule has 0 bridgehead atoms. The van der Waals surface area contributed by atoms with Crippen LogP contribution in [0.4, 0.5) is 5.69 Å². The number of hydrogen-bond acceptors (Lipinski definition) is 1. The molecule has 1 aliphatic rings. The molecule has 2 aromatic rings. The lowest BCUT2D eigenvalue weighted by Crippen LogP contribution is -2.20. The minimum absolute atomic E-state index is 0.0978. The molecule has 0 spiro atoms. The number of benzene rings is 2. The largest absolute Gasteiger partial charge is 0.326 e. The summed E-state index contributed by atoms with van der Waals surface area (Å²) in [6, 6.07) is 12.1. The average molecular weight is 316 g/mol. The Kier molecular flexibility index (Phi) is 3.38. The highest BCUT2D eigenvalue weighted by atomic mass is 79.9. The Morgan fingerprint density at radius 2 is 1.74 bits per heavy atom. The lowest BCUT2D eigenvalue weighted by Gasteiger charge is -2.11. The first-order chi connectivity index (χ1) is 9.22. The summed E-state index contributed by atoms with van der Waals surface area (Å²) < 4.78 is 1.06. The van der Waals surface area contributed by atoms with Crippen LogP contribution in [-0.4, -0.2) is 5.91 Å². The Morgan fingerprint density at radius 1 is 1.05 bits per heavy atom. The van der Waals surface area contributed by atoms with Crippen LogP contribution in [0.2, 0.25) is 0 Å². The zero-order valence-electron chi connectivity index (χ0n) is 10.4. The topological polar surface area (TPSA) is 29.1 Å². The number of halogens is 1. The number of rotatable bonds is 2.